The summed E-state index contributed by atoms with van der Waals surface area (Å²) in [5.74, 6) is 0.747. The van der Waals surface area contributed by atoms with Crippen molar-refractivity contribution in [3.63, 3.8) is 0 Å². The van der Waals surface area contributed by atoms with Gasteiger partial charge in [0.05, 0.1) is 11.7 Å². The number of aromatic nitrogens is 2. The van der Waals surface area contributed by atoms with Gasteiger partial charge in [0.25, 0.3) is 0 Å². The van der Waals surface area contributed by atoms with E-state index in [1.54, 1.807) is 0 Å². The molecule has 0 saturated heterocycles. The zero-order valence-corrected chi connectivity index (χ0v) is 12.7. The van der Waals surface area contributed by atoms with E-state index < -0.39 is 0 Å². The second kappa shape index (κ2) is 5.57. The molecule has 4 rings (SSSR count). The van der Waals surface area contributed by atoms with Crippen molar-refractivity contribution in [2.45, 2.75) is 6.92 Å². The number of para-hydroxylation sites is 2. The van der Waals surface area contributed by atoms with Crippen molar-refractivity contribution in [1.82, 2.24) is 9.97 Å². The van der Waals surface area contributed by atoms with Crippen LogP contribution in [-0.4, -0.2) is 16.2 Å². The summed E-state index contributed by atoms with van der Waals surface area (Å²) in [6.07, 6.45) is 3.76. The Balaban J connectivity index is 1.61. The third kappa shape index (κ3) is 2.55. The van der Waals surface area contributed by atoms with Gasteiger partial charge in [-0.25, -0.2) is 4.98 Å². The monoisotopic (exact) mass is 300 g/mol. The molecular formula is C19H16N4. The molecule has 0 amide bonds. The lowest BCUT2D eigenvalue weighted by molar-refractivity contribution is 1.25. The quantitative estimate of drug-likeness (QED) is 0.433. The average Bonchev–Trinajstić information content (AvgIpc) is 2.98. The number of rotatable bonds is 3. The fraction of sp³-hybridized carbons (Fsp3) is 0.0526. The Morgan fingerprint density at radius 2 is 1.83 bits per heavy atom. The molecule has 2 N–H and O–H groups in total. The van der Waals surface area contributed by atoms with E-state index in [1.165, 1.54) is 10.9 Å². The first kappa shape index (κ1) is 13.5. The van der Waals surface area contributed by atoms with Gasteiger partial charge in [-0.15, -0.1) is 0 Å². The van der Waals surface area contributed by atoms with E-state index in [0.29, 0.717) is 0 Å². The zero-order valence-electron chi connectivity index (χ0n) is 12.7. The molecule has 4 aromatic rings. The van der Waals surface area contributed by atoms with Crippen molar-refractivity contribution in [3.05, 3.63) is 71.9 Å². The maximum absolute atomic E-state index is 4.58. The van der Waals surface area contributed by atoms with Gasteiger partial charge in [-0.2, -0.15) is 5.10 Å². The molecule has 0 spiro atoms. The van der Waals surface area contributed by atoms with Gasteiger partial charge in [0.15, 0.2) is 0 Å². The number of hydrogen-bond acceptors (Lipinski definition) is 3. The van der Waals surface area contributed by atoms with Gasteiger partial charge in [0.1, 0.15) is 5.82 Å². The van der Waals surface area contributed by atoms with Gasteiger partial charge in [-0.1, -0.05) is 36.4 Å². The smallest absolute Gasteiger partial charge is 0.147 e. The summed E-state index contributed by atoms with van der Waals surface area (Å²) in [4.78, 5) is 7.82. The molecule has 0 radical (unpaired) electrons. The van der Waals surface area contributed by atoms with E-state index >= 15 is 0 Å². The Kier molecular flexibility index (Phi) is 3.27. The van der Waals surface area contributed by atoms with Crippen molar-refractivity contribution in [1.29, 1.82) is 0 Å². The summed E-state index contributed by atoms with van der Waals surface area (Å²) < 4.78 is 0. The number of anilines is 1. The Bertz CT molecular complexity index is 1010. The lowest BCUT2D eigenvalue weighted by atomic mass is 10.1. The Morgan fingerprint density at radius 3 is 2.74 bits per heavy atom. The van der Waals surface area contributed by atoms with Crippen LogP contribution in [0.1, 0.15) is 11.1 Å². The average molecular weight is 300 g/mol. The highest BCUT2D eigenvalue weighted by atomic mass is 15.3. The number of nitrogens with one attached hydrogen (secondary N) is 2. The molecule has 4 heteroatoms. The van der Waals surface area contributed by atoms with Crippen molar-refractivity contribution in [2.24, 2.45) is 5.10 Å². The van der Waals surface area contributed by atoms with Gasteiger partial charge in [-0.05, 0) is 30.7 Å². The minimum absolute atomic E-state index is 0.747. The molecule has 23 heavy (non-hydrogen) atoms. The van der Waals surface area contributed by atoms with E-state index in [4.69, 9.17) is 0 Å². The lowest BCUT2D eigenvalue weighted by Gasteiger charge is -2.05. The molecule has 0 saturated carbocycles. The highest BCUT2D eigenvalue weighted by molar-refractivity contribution is 5.99. The maximum atomic E-state index is 4.58. The predicted molar refractivity (Wildman–Crippen MR) is 96.0 cm³/mol. The highest BCUT2D eigenvalue weighted by Gasteiger charge is 2.02. The van der Waals surface area contributed by atoms with E-state index in [-0.39, 0.29) is 0 Å². The SMILES string of the molecule is Cc1cc(N/N=C\c2c[nH]c3ccccc23)nc2ccccc12. The minimum Gasteiger partial charge on any atom is -0.361 e. The zero-order chi connectivity index (χ0) is 15.6. The van der Waals surface area contributed by atoms with Crippen LogP contribution in [0.4, 0.5) is 5.82 Å². The highest BCUT2D eigenvalue weighted by Crippen LogP contribution is 2.20. The van der Waals surface area contributed by atoms with Crippen molar-refractivity contribution < 1.29 is 0 Å². The number of hydrogen-bond donors (Lipinski definition) is 2. The van der Waals surface area contributed by atoms with E-state index in [9.17, 15) is 0 Å². The summed E-state index contributed by atoms with van der Waals surface area (Å²) in [5, 5.41) is 6.64. The molecule has 2 heterocycles. The molecule has 0 bridgehead atoms. The number of aromatic amines is 1. The first-order chi connectivity index (χ1) is 11.3. The van der Waals surface area contributed by atoms with Crippen LogP contribution >= 0.6 is 0 Å². The Hall–Kier alpha value is -3.14. The Labute approximate surface area is 133 Å². The summed E-state index contributed by atoms with van der Waals surface area (Å²) in [5.41, 5.74) is 7.33. The number of benzene rings is 2. The van der Waals surface area contributed by atoms with E-state index in [0.717, 1.165) is 27.8 Å². The van der Waals surface area contributed by atoms with Crippen LogP contribution in [0, 0.1) is 6.92 Å². The number of fused-ring (bicyclic) bond motifs is 2. The van der Waals surface area contributed by atoms with Crippen molar-refractivity contribution in [3.8, 4) is 0 Å². The molecule has 112 valence electrons. The van der Waals surface area contributed by atoms with Gasteiger partial charge >= 0.3 is 0 Å². The van der Waals surface area contributed by atoms with Gasteiger partial charge < -0.3 is 4.98 Å². The molecule has 2 aromatic carbocycles. The number of aryl methyl sites for hydroxylation is 1. The second-order valence-corrected chi connectivity index (χ2v) is 5.50. The maximum Gasteiger partial charge on any atom is 0.147 e. The molecule has 0 atom stereocenters. The predicted octanol–water partition coefficient (Wildman–Crippen LogP) is 4.47. The standard InChI is InChI=1S/C19H16N4/c1-13-10-19(22-18-9-5-2-6-15(13)18)23-21-12-14-11-20-17-8-4-3-7-16(14)17/h2-12,20H,1H3,(H,22,23)/b21-12-. The van der Waals surface area contributed by atoms with E-state index in [2.05, 4.69) is 39.6 Å². The molecule has 0 fully saturated rings. The van der Waals surface area contributed by atoms with Crippen LogP contribution in [0.15, 0.2) is 65.9 Å². The summed E-state index contributed by atoms with van der Waals surface area (Å²) in [7, 11) is 0. The summed E-state index contributed by atoms with van der Waals surface area (Å²) in [6.45, 7) is 2.08. The van der Waals surface area contributed by atoms with Crippen LogP contribution in [-0.2, 0) is 0 Å². The fourth-order valence-electron chi connectivity index (χ4n) is 2.78. The molecule has 0 aliphatic carbocycles. The lowest BCUT2D eigenvalue weighted by Crippen LogP contribution is -1.95. The second-order valence-electron chi connectivity index (χ2n) is 5.50. The molecule has 0 unspecified atom stereocenters. The van der Waals surface area contributed by atoms with E-state index in [1.807, 2.05) is 54.9 Å². The number of nitrogens with zero attached hydrogens (tertiary/aromatic N) is 2. The third-order valence-corrected chi connectivity index (χ3v) is 3.93. The largest absolute Gasteiger partial charge is 0.361 e. The van der Waals surface area contributed by atoms with Crippen LogP contribution in [0.3, 0.4) is 0 Å². The summed E-state index contributed by atoms with van der Waals surface area (Å²) >= 11 is 0. The van der Waals surface area contributed by atoms with Gasteiger partial charge in [0, 0.05) is 28.0 Å². The van der Waals surface area contributed by atoms with Crippen LogP contribution in [0.2, 0.25) is 0 Å². The molecule has 2 aromatic heterocycles. The number of hydrazone groups is 1. The third-order valence-electron chi connectivity index (χ3n) is 3.93. The first-order valence-corrected chi connectivity index (χ1v) is 7.53. The normalized spacial score (nSPS) is 11.5. The van der Waals surface area contributed by atoms with Crippen LogP contribution in [0.5, 0.6) is 0 Å². The topological polar surface area (TPSA) is 53.1 Å². The van der Waals surface area contributed by atoms with Crippen molar-refractivity contribution in [2.75, 3.05) is 5.43 Å². The molecule has 4 nitrogen and oxygen atoms in total. The molecule has 0 aliphatic heterocycles. The van der Waals surface area contributed by atoms with Crippen LogP contribution < -0.4 is 5.43 Å². The fourth-order valence-corrected chi connectivity index (χ4v) is 2.78. The van der Waals surface area contributed by atoms with Crippen molar-refractivity contribution >= 4 is 33.8 Å². The molecular weight excluding hydrogens is 284 g/mol. The van der Waals surface area contributed by atoms with Crippen LogP contribution in [0.25, 0.3) is 21.8 Å². The number of H-pyrrole nitrogens is 1. The number of pyridine rings is 1. The summed E-state index contributed by atoms with van der Waals surface area (Å²) in [6, 6.07) is 18.3. The minimum atomic E-state index is 0.747. The first-order valence-electron chi connectivity index (χ1n) is 7.53. The van der Waals surface area contributed by atoms with Gasteiger partial charge in [0.2, 0.25) is 0 Å². The Morgan fingerprint density at radius 1 is 1.04 bits per heavy atom. The molecule has 0 aliphatic rings. The van der Waals surface area contributed by atoms with Gasteiger partial charge in [-0.3, -0.25) is 5.43 Å².